The Morgan fingerprint density at radius 3 is 2.65 bits per heavy atom. The first-order chi connectivity index (χ1) is 9.75. The van der Waals surface area contributed by atoms with Gasteiger partial charge in [0.1, 0.15) is 0 Å². The van der Waals surface area contributed by atoms with E-state index in [9.17, 15) is 5.11 Å². The molecule has 2 aromatic rings. The van der Waals surface area contributed by atoms with Gasteiger partial charge in [-0.3, -0.25) is 0 Å². The van der Waals surface area contributed by atoms with Crippen molar-refractivity contribution in [1.82, 2.24) is 4.98 Å². The summed E-state index contributed by atoms with van der Waals surface area (Å²) in [4.78, 5) is 4.59. The van der Waals surface area contributed by atoms with Crippen LogP contribution < -0.4 is 5.32 Å². The molecule has 2 N–H and O–H groups in total. The maximum absolute atomic E-state index is 10.5. The van der Waals surface area contributed by atoms with Crippen LogP contribution in [0.25, 0.3) is 11.3 Å². The summed E-state index contributed by atoms with van der Waals surface area (Å²) in [6.45, 7) is 0.606. The quantitative estimate of drug-likeness (QED) is 0.896. The molecule has 0 atom stereocenters. The van der Waals surface area contributed by atoms with Crippen molar-refractivity contribution in [3.8, 4) is 11.3 Å². The molecule has 0 radical (unpaired) electrons. The van der Waals surface area contributed by atoms with Gasteiger partial charge in [-0.1, -0.05) is 49.6 Å². The fraction of sp³-hybridized carbons (Fsp3) is 0.438. The number of benzene rings is 1. The van der Waals surface area contributed by atoms with Crippen molar-refractivity contribution in [2.75, 3.05) is 11.9 Å². The van der Waals surface area contributed by atoms with E-state index in [1.165, 1.54) is 6.42 Å². The van der Waals surface area contributed by atoms with Crippen molar-refractivity contribution >= 4 is 16.5 Å². The summed E-state index contributed by atoms with van der Waals surface area (Å²) in [6.07, 6.45) is 5.31. The molecule has 3 rings (SSSR count). The zero-order chi connectivity index (χ0) is 13.8. The topological polar surface area (TPSA) is 45.1 Å². The first-order valence-corrected chi connectivity index (χ1v) is 8.10. The Hall–Kier alpha value is -1.39. The second-order valence-corrected chi connectivity index (χ2v) is 6.40. The average Bonchev–Trinajstić information content (AvgIpc) is 2.96. The minimum Gasteiger partial charge on any atom is -0.388 e. The molecule has 1 aliphatic carbocycles. The predicted molar refractivity (Wildman–Crippen MR) is 84.1 cm³/mol. The highest BCUT2D eigenvalue weighted by atomic mass is 32.1. The lowest BCUT2D eigenvalue weighted by Crippen LogP contribution is -2.38. The summed E-state index contributed by atoms with van der Waals surface area (Å²) in [5.41, 5.74) is 1.58. The molecule has 1 saturated carbocycles. The molecule has 1 aromatic heterocycles. The fourth-order valence-corrected chi connectivity index (χ4v) is 3.44. The molecule has 0 amide bonds. The Balaban J connectivity index is 1.63. The summed E-state index contributed by atoms with van der Waals surface area (Å²) < 4.78 is 0. The van der Waals surface area contributed by atoms with Gasteiger partial charge in [-0.2, -0.15) is 0 Å². The zero-order valence-electron chi connectivity index (χ0n) is 11.5. The number of anilines is 1. The minimum absolute atomic E-state index is 0.545. The minimum atomic E-state index is -0.545. The molecular weight excluding hydrogens is 268 g/mol. The van der Waals surface area contributed by atoms with Crippen molar-refractivity contribution in [2.24, 2.45) is 0 Å². The van der Waals surface area contributed by atoms with E-state index in [0.717, 1.165) is 42.1 Å². The van der Waals surface area contributed by atoms with Crippen LogP contribution in [0.5, 0.6) is 0 Å². The monoisotopic (exact) mass is 288 g/mol. The van der Waals surface area contributed by atoms with Gasteiger partial charge in [0.05, 0.1) is 11.3 Å². The van der Waals surface area contributed by atoms with Gasteiger partial charge in [0.2, 0.25) is 0 Å². The van der Waals surface area contributed by atoms with E-state index >= 15 is 0 Å². The van der Waals surface area contributed by atoms with Crippen molar-refractivity contribution in [1.29, 1.82) is 0 Å². The van der Waals surface area contributed by atoms with E-state index in [0.29, 0.717) is 6.54 Å². The van der Waals surface area contributed by atoms with Crippen molar-refractivity contribution < 1.29 is 5.11 Å². The number of rotatable bonds is 4. The lowest BCUT2D eigenvalue weighted by Gasteiger charge is -2.32. The number of hydrogen-bond acceptors (Lipinski definition) is 4. The number of nitrogens with one attached hydrogen (secondary N) is 1. The molecule has 0 unspecified atom stereocenters. The summed E-state index contributed by atoms with van der Waals surface area (Å²) in [5.74, 6) is 0. The molecule has 106 valence electrons. The van der Waals surface area contributed by atoms with Crippen LogP contribution in [0, 0.1) is 0 Å². The molecule has 1 aromatic carbocycles. The van der Waals surface area contributed by atoms with Gasteiger partial charge in [-0.15, -0.1) is 11.3 Å². The molecule has 0 aliphatic heterocycles. The summed E-state index contributed by atoms with van der Waals surface area (Å²) in [6, 6.07) is 10.2. The van der Waals surface area contributed by atoms with Crippen LogP contribution in [-0.4, -0.2) is 22.2 Å². The van der Waals surface area contributed by atoms with E-state index in [1.807, 2.05) is 18.2 Å². The van der Waals surface area contributed by atoms with Crippen LogP contribution in [0.4, 0.5) is 5.13 Å². The Morgan fingerprint density at radius 1 is 1.15 bits per heavy atom. The first-order valence-electron chi connectivity index (χ1n) is 7.22. The summed E-state index contributed by atoms with van der Waals surface area (Å²) in [5, 5.41) is 16.7. The maximum atomic E-state index is 10.5. The highest BCUT2D eigenvalue weighted by Gasteiger charge is 2.28. The molecule has 0 spiro atoms. The molecule has 1 heterocycles. The highest BCUT2D eigenvalue weighted by Crippen LogP contribution is 2.29. The summed E-state index contributed by atoms with van der Waals surface area (Å²) in [7, 11) is 0. The van der Waals surface area contributed by atoms with Crippen molar-refractivity contribution in [3.05, 3.63) is 35.7 Å². The Bertz CT molecular complexity index is 547. The van der Waals surface area contributed by atoms with E-state index in [1.54, 1.807) is 11.3 Å². The average molecular weight is 288 g/mol. The van der Waals surface area contributed by atoms with E-state index in [-0.39, 0.29) is 0 Å². The second kappa shape index (κ2) is 5.94. The SMILES string of the molecule is OC1(CNc2nc(-c3ccccc3)cs2)CCCCC1. The Labute approximate surface area is 123 Å². The number of aromatic nitrogens is 1. The molecule has 0 saturated heterocycles. The highest BCUT2D eigenvalue weighted by molar-refractivity contribution is 7.14. The van der Waals surface area contributed by atoms with Gasteiger partial charge in [0.25, 0.3) is 0 Å². The van der Waals surface area contributed by atoms with Gasteiger partial charge in [-0.05, 0) is 12.8 Å². The predicted octanol–water partition coefficient (Wildman–Crippen LogP) is 3.92. The number of aliphatic hydroxyl groups is 1. The van der Waals surface area contributed by atoms with Crippen LogP contribution in [0.15, 0.2) is 35.7 Å². The van der Waals surface area contributed by atoms with Gasteiger partial charge < -0.3 is 10.4 Å². The van der Waals surface area contributed by atoms with Gasteiger partial charge in [0.15, 0.2) is 5.13 Å². The Kier molecular flexibility index (Phi) is 4.03. The van der Waals surface area contributed by atoms with Gasteiger partial charge in [0, 0.05) is 17.5 Å². The van der Waals surface area contributed by atoms with Crippen LogP contribution >= 0.6 is 11.3 Å². The molecule has 0 bridgehead atoms. The first kappa shape index (κ1) is 13.6. The van der Waals surface area contributed by atoms with Gasteiger partial charge in [-0.25, -0.2) is 4.98 Å². The molecule has 20 heavy (non-hydrogen) atoms. The third kappa shape index (κ3) is 3.19. The maximum Gasteiger partial charge on any atom is 0.183 e. The molecule has 1 fully saturated rings. The van der Waals surface area contributed by atoms with Crippen LogP contribution in [0.2, 0.25) is 0 Å². The van der Waals surface area contributed by atoms with Crippen LogP contribution in [0.1, 0.15) is 32.1 Å². The lowest BCUT2D eigenvalue weighted by molar-refractivity contribution is 0.0167. The third-order valence-corrected chi connectivity index (χ3v) is 4.73. The fourth-order valence-electron chi connectivity index (χ4n) is 2.72. The summed E-state index contributed by atoms with van der Waals surface area (Å²) >= 11 is 1.60. The molecule has 3 nitrogen and oxygen atoms in total. The smallest absolute Gasteiger partial charge is 0.183 e. The second-order valence-electron chi connectivity index (χ2n) is 5.54. The standard InChI is InChI=1S/C16H20N2OS/c19-16(9-5-2-6-10-16)12-17-15-18-14(11-20-15)13-7-3-1-4-8-13/h1,3-4,7-8,11,19H,2,5-6,9-10,12H2,(H,17,18). The van der Waals surface area contributed by atoms with Crippen LogP contribution in [-0.2, 0) is 0 Å². The third-order valence-electron chi connectivity index (χ3n) is 3.93. The van der Waals surface area contributed by atoms with E-state index < -0.39 is 5.60 Å². The van der Waals surface area contributed by atoms with Gasteiger partial charge >= 0.3 is 0 Å². The molecular formula is C16H20N2OS. The zero-order valence-corrected chi connectivity index (χ0v) is 12.3. The van der Waals surface area contributed by atoms with Crippen LogP contribution in [0.3, 0.4) is 0 Å². The largest absolute Gasteiger partial charge is 0.388 e. The van der Waals surface area contributed by atoms with E-state index in [2.05, 4.69) is 27.8 Å². The molecule has 1 aliphatic rings. The molecule has 4 heteroatoms. The van der Waals surface area contributed by atoms with Crippen molar-refractivity contribution in [2.45, 2.75) is 37.7 Å². The number of thiazole rings is 1. The van der Waals surface area contributed by atoms with Crippen molar-refractivity contribution in [3.63, 3.8) is 0 Å². The number of hydrogen-bond donors (Lipinski definition) is 2. The Morgan fingerprint density at radius 2 is 1.90 bits per heavy atom. The van der Waals surface area contributed by atoms with E-state index in [4.69, 9.17) is 0 Å². The number of nitrogens with zero attached hydrogens (tertiary/aromatic N) is 1. The normalized spacial score (nSPS) is 17.9. The lowest BCUT2D eigenvalue weighted by atomic mass is 9.85.